The Hall–Kier alpha value is -0.0800. The van der Waals surface area contributed by atoms with Crippen molar-refractivity contribution in [3.8, 4) is 0 Å². The van der Waals surface area contributed by atoms with Crippen molar-refractivity contribution in [1.82, 2.24) is 0 Å². The van der Waals surface area contributed by atoms with Gasteiger partial charge in [0, 0.05) is 10.6 Å². The summed E-state index contributed by atoms with van der Waals surface area (Å²) in [5, 5.41) is 0. The summed E-state index contributed by atoms with van der Waals surface area (Å²) in [7, 11) is 0. The molecule has 1 rings (SSSR count). The summed E-state index contributed by atoms with van der Waals surface area (Å²) in [5.74, 6) is 2.89. The van der Waals surface area contributed by atoms with E-state index in [1.807, 2.05) is 11.8 Å². The van der Waals surface area contributed by atoms with Gasteiger partial charge in [-0.15, -0.1) is 11.8 Å². The minimum atomic E-state index is 0.250. The Kier molecular flexibility index (Phi) is 5.94. The van der Waals surface area contributed by atoms with Crippen LogP contribution in [0.25, 0.3) is 0 Å². The average molecular weight is 268 g/mol. The highest BCUT2D eigenvalue weighted by Crippen LogP contribution is 2.27. The van der Waals surface area contributed by atoms with Crippen molar-refractivity contribution in [1.29, 1.82) is 0 Å². The Balaban J connectivity index is 2.57. The van der Waals surface area contributed by atoms with E-state index in [1.54, 1.807) is 0 Å². The van der Waals surface area contributed by atoms with Gasteiger partial charge in [-0.25, -0.2) is 0 Å². The first-order valence-corrected chi connectivity index (χ1v) is 7.93. The van der Waals surface area contributed by atoms with Gasteiger partial charge in [0.1, 0.15) is 0 Å². The Morgan fingerprint density at radius 3 is 2.18 bits per heavy atom. The Labute approximate surface area is 116 Å². The average Bonchev–Trinajstić information content (AvgIpc) is 2.30. The van der Waals surface area contributed by atoms with Crippen LogP contribution in [0.4, 0.5) is 0 Å². The smallest absolute Gasteiger partial charge is 0.00722 e. The molecule has 1 aromatic rings. The van der Waals surface area contributed by atoms with Crippen molar-refractivity contribution in [2.24, 2.45) is 5.92 Å². The molecule has 2 heteroatoms. The van der Waals surface area contributed by atoms with E-state index in [0.717, 1.165) is 11.7 Å². The molecule has 0 spiro atoms. The van der Waals surface area contributed by atoms with E-state index < -0.39 is 0 Å². The number of thiol groups is 1. The van der Waals surface area contributed by atoms with Crippen molar-refractivity contribution >= 4 is 24.4 Å². The zero-order valence-corrected chi connectivity index (χ0v) is 13.1. The third-order valence-electron chi connectivity index (χ3n) is 3.04. The van der Waals surface area contributed by atoms with Gasteiger partial charge in [-0.05, 0) is 34.8 Å². The van der Waals surface area contributed by atoms with Crippen LogP contribution in [0.2, 0.25) is 0 Å². The van der Waals surface area contributed by atoms with Crippen molar-refractivity contribution in [3.05, 3.63) is 29.8 Å². The molecular weight excluding hydrogens is 244 g/mol. The summed E-state index contributed by atoms with van der Waals surface area (Å²) in [6.45, 7) is 9.00. The molecule has 0 aliphatic rings. The molecule has 0 amide bonds. The Morgan fingerprint density at radius 2 is 1.76 bits per heavy atom. The van der Waals surface area contributed by atoms with E-state index in [-0.39, 0.29) is 5.41 Å². The first-order valence-electron chi connectivity index (χ1n) is 6.31. The maximum absolute atomic E-state index is 4.38. The fourth-order valence-electron chi connectivity index (χ4n) is 1.56. The lowest BCUT2D eigenvalue weighted by Crippen LogP contribution is -2.10. The van der Waals surface area contributed by atoms with Crippen LogP contribution in [0.5, 0.6) is 0 Å². The van der Waals surface area contributed by atoms with Gasteiger partial charge in [0.05, 0.1) is 0 Å². The number of rotatable bonds is 5. The first-order chi connectivity index (χ1) is 7.97. The molecular formula is C15H24S2. The monoisotopic (exact) mass is 268 g/mol. The van der Waals surface area contributed by atoms with E-state index in [2.05, 4.69) is 64.6 Å². The van der Waals surface area contributed by atoms with Crippen LogP contribution in [0.15, 0.2) is 29.2 Å². The molecule has 17 heavy (non-hydrogen) atoms. The van der Waals surface area contributed by atoms with Crippen LogP contribution < -0.4 is 0 Å². The molecule has 1 unspecified atom stereocenters. The standard InChI is InChI=1S/C15H24S2/c1-5-12(10-16)11-17-14-8-6-13(7-9-14)15(2,3)4/h6-9,12,16H,5,10-11H2,1-4H3. The van der Waals surface area contributed by atoms with Gasteiger partial charge in [0.15, 0.2) is 0 Å². The zero-order chi connectivity index (χ0) is 12.9. The van der Waals surface area contributed by atoms with E-state index >= 15 is 0 Å². The maximum Gasteiger partial charge on any atom is 0.00722 e. The van der Waals surface area contributed by atoms with Crippen LogP contribution in [-0.4, -0.2) is 11.5 Å². The summed E-state index contributed by atoms with van der Waals surface area (Å²) in [6, 6.07) is 9.00. The van der Waals surface area contributed by atoms with Crippen molar-refractivity contribution in [2.45, 2.75) is 44.4 Å². The quantitative estimate of drug-likeness (QED) is 0.577. The molecule has 0 aromatic heterocycles. The molecule has 0 radical (unpaired) electrons. The molecule has 1 atom stereocenters. The molecule has 0 aliphatic heterocycles. The summed E-state index contributed by atoms with van der Waals surface area (Å²) < 4.78 is 0. The molecule has 96 valence electrons. The topological polar surface area (TPSA) is 0 Å². The van der Waals surface area contributed by atoms with Gasteiger partial charge in [-0.3, -0.25) is 0 Å². The normalized spacial score (nSPS) is 13.7. The Morgan fingerprint density at radius 1 is 1.18 bits per heavy atom. The molecule has 0 aliphatic carbocycles. The molecule has 0 nitrogen and oxygen atoms in total. The largest absolute Gasteiger partial charge is 0.179 e. The second-order valence-electron chi connectivity index (χ2n) is 5.54. The summed E-state index contributed by atoms with van der Waals surface area (Å²) in [5.41, 5.74) is 1.66. The second-order valence-corrected chi connectivity index (χ2v) is 7.00. The Bertz CT molecular complexity index is 318. The van der Waals surface area contributed by atoms with E-state index in [0.29, 0.717) is 0 Å². The van der Waals surface area contributed by atoms with Gasteiger partial charge < -0.3 is 0 Å². The molecule has 0 saturated heterocycles. The fourth-order valence-corrected chi connectivity index (χ4v) is 3.24. The van der Waals surface area contributed by atoms with Crippen LogP contribution >= 0.6 is 24.4 Å². The molecule has 0 saturated carbocycles. The van der Waals surface area contributed by atoms with Gasteiger partial charge in [0.25, 0.3) is 0 Å². The lowest BCUT2D eigenvalue weighted by Gasteiger charge is -2.19. The predicted molar refractivity (Wildman–Crippen MR) is 83.5 cm³/mol. The second kappa shape index (κ2) is 6.75. The maximum atomic E-state index is 4.38. The highest BCUT2D eigenvalue weighted by Gasteiger charge is 2.13. The van der Waals surface area contributed by atoms with Gasteiger partial charge >= 0.3 is 0 Å². The molecule has 0 fully saturated rings. The number of benzene rings is 1. The van der Waals surface area contributed by atoms with Gasteiger partial charge in [-0.1, -0.05) is 46.2 Å². The van der Waals surface area contributed by atoms with Crippen LogP contribution in [0.3, 0.4) is 0 Å². The minimum Gasteiger partial charge on any atom is -0.179 e. The van der Waals surface area contributed by atoms with Crippen molar-refractivity contribution < 1.29 is 0 Å². The highest BCUT2D eigenvalue weighted by atomic mass is 32.2. The summed E-state index contributed by atoms with van der Waals surface area (Å²) in [4.78, 5) is 1.37. The van der Waals surface area contributed by atoms with Crippen molar-refractivity contribution in [2.75, 3.05) is 11.5 Å². The third kappa shape index (κ3) is 4.97. The van der Waals surface area contributed by atoms with Crippen LogP contribution in [0.1, 0.15) is 39.7 Å². The van der Waals surface area contributed by atoms with E-state index in [1.165, 1.54) is 22.6 Å². The molecule has 0 N–H and O–H groups in total. The van der Waals surface area contributed by atoms with Crippen LogP contribution in [0, 0.1) is 5.92 Å². The fraction of sp³-hybridized carbons (Fsp3) is 0.600. The molecule has 1 aromatic carbocycles. The zero-order valence-electron chi connectivity index (χ0n) is 11.4. The van der Waals surface area contributed by atoms with Gasteiger partial charge in [-0.2, -0.15) is 12.6 Å². The summed E-state index contributed by atoms with van der Waals surface area (Å²) in [6.07, 6.45) is 1.22. The minimum absolute atomic E-state index is 0.250. The molecule has 0 bridgehead atoms. The van der Waals surface area contributed by atoms with E-state index in [4.69, 9.17) is 0 Å². The number of hydrogen-bond donors (Lipinski definition) is 1. The van der Waals surface area contributed by atoms with Crippen LogP contribution in [-0.2, 0) is 5.41 Å². The lowest BCUT2D eigenvalue weighted by molar-refractivity contribution is 0.589. The molecule has 0 heterocycles. The first kappa shape index (κ1) is 15.0. The third-order valence-corrected chi connectivity index (χ3v) is 4.80. The van der Waals surface area contributed by atoms with E-state index in [9.17, 15) is 0 Å². The lowest BCUT2D eigenvalue weighted by atomic mass is 9.87. The predicted octanol–water partition coefficient (Wildman–Crippen LogP) is 5.03. The summed E-state index contributed by atoms with van der Waals surface area (Å²) >= 11 is 6.33. The highest BCUT2D eigenvalue weighted by molar-refractivity contribution is 7.99. The number of hydrogen-bond acceptors (Lipinski definition) is 2. The number of thioether (sulfide) groups is 1. The van der Waals surface area contributed by atoms with Gasteiger partial charge in [0.2, 0.25) is 0 Å². The SMILES string of the molecule is CCC(CS)CSc1ccc(C(C)(C)C)cc1. The van der Waals surface area contributed by atoms with Crippen molar-refractivity contribution in [3.63, 3.8) is 0 Å².